The third-order valence-corrected chi connectivity index (χ3v) is 3.87. The second-order valence-electron chi connectivity index (χ2n) is 5.56. The zero-order chi connectivity index (χ0) is 16.1. The molecular weight excluding hydrogens is 417 g/mol. The molecule has 0 spiro atoms. The fourth-order valence-corrected chi connectivity index (χ4v) is 2.73. The average molecular weight is 439 g/mol. The van der Waals surface area contributed by atoms with Crippen molar-refractivity contribution in [1.29, 1.82) is 0 Å². The van der Waals surface area contributed by atoms with Gasteiger partial charge < -0.3 is 20.9 Å². The van der Waals surface area contributed by atoms with Crippen LogP contribution in [-0.4, -0.2) is 24.2 Å². The molecule has 3 rings (SSSR count). The van der Waals surface area contributed by atoms with E-state index in [2.05, 4.69) is 10.3 Å². The van der Waals surface area contributed by atoms with Gasteiger partial charge in [-0.05, 0) is 30.2 Å². The number of aliphatic imine (C=N–C) groups is 1. The molecule has 0 saturated heterocycles. The third kappa shape index (κ3) is 4.77. The highest BCUT2D eigenvalue weighted by Gasteiger charge is 2.21. The topological polar surface area (TPSA) is 79.9 Å². The van der Waals surface area contributed by atoms with Crippen molar-refractivity contribution in [3.05, 3.63) is 59.7 Å². The standard InChI is InChI=1S/C18H21N3O2.HI/c19-18(20-10-8-13-4-3-5-14(22)12-13)21-16-9-11-23-17-7-2-1-6-15(16)17;/h1-7,12,16,22H,8-11H2,(H3,19,20,21);1H. The minimum absolute atomic E-state index is 0. The molecule has 128 valence electrons. The number of phenolic OH excluding ortho intramolecular Hbond substituents is 1. The number of halogens is 1. The van der Waals surface area contributed by atoms with Gasteiger partial charge in [0, 0.05) is 18.5 Å². The number of guanidine groups is 1. The number of fused-ring (bicyclic) bond motifs is 1. The van der Waals surface area contributed by atoms with Crippen LogP contribution in [-0.2, 0) is 6.42 Å². The van der Waals surface area contributed by atoms with Crippen LogP contribution in [0.2, 0.25) is 0 Å². The summed E-state index contributed by atoms with van der Waals surface area (Å²) in [6.45, 7) is 1.25. The lowest BCUT2D eigenvalue weighted by Gasteiger charge is -2.26. The minimum Gasteiger partial charge on any atom is -0.508 e. The summed E-state index contributed by atoms with van der Waals surface area (Å²) < 4.78 is 5.64. The molecule has 1 aliphatic heterocycles. The summed E-state index contributed by atoms with van der Waals surface area (Å²) >= 11 is 0. The zero-order valence-electron chi connectivity index (χ0n) is 13.3. The predicted octanol–water partition coefficient (Wildman–Crippen LogP) is 2.98. The molecular formula is C18H22IN3O2. The Bertz CT molecular complexity index is 706. The molecule has 24 heavy (non-hydrogen) atoms. The Balaban J connectivity index is 0.00000208. The number of ether oxygens (including phenoxy) is 1. The third-order valence-electron chi connectivity index (χ3n) is 3.87. The normalized spacial score (nSPS) is 16.5. The van der Waals surface area contributed by atoms with E-state index in [1.54, 1.807) is 12.1 Å². The number of nitrogens with two attached hydrogens (primary N) is 1. The van der Waals surface area contributed by atoms with Crippen molar-refractivity contribution in [3.63, 3.8) is 0 Å². The van der Waals surface area contributed by atoms with Crippen LogP contribution >= 0.6 is 24.0 Å². The van der Waals surface area contributed by atoms with Gasteiger partial charge >= 0.3 is 0 Å². The van der Waals surface area contributed by atoms with Crippen molar-refractivity contribution in [2.75, 3.05) is 13.2 Å². The lowest BCUT2D eigenvalue weighted by atomic mass is 10.0. The first-order valence-corrected chi connectivity index (χ1v) is 7.78. The lowest BCUT2D eigenvalue weighted by Crippen LogP contribution is -2.37. The predicted molar refractivity (Wildman–Crippen MR) is 106 cm³/mol. The summed E-state index contributed by atoms with van der Waals surface area (Å²) in [5.41, 5.74) is 8.16. The van der Waals surface area contributed by atoms with Crippen molar-refractivity contribution < 1.29 is 9.84 Å². The van der Waals surface area contributed by atoms with Crippen molar-refractivity contribution in [2.45, 2.75) is 18.9 Å². The van der Waals surface area contributed by atoms with Crippen LogP contribution in [0.1, 0.15) is 23.6 Å². The molecule has 0 aliphatic carbocycles. The molecule has 0 saturated carbocycles. The van der Waals surface area contributed by atoms with E-state index < -0.39 is 0 Å². The van der Waals surface area contributed by atoms with Crippen LogP contribution in [0.4, 0.5) is 0 Å². The first kappa shape index (κ1) is 18.4. The minimum atomic E-state index is 0. The molecule has 4 N–H and O–H groups in total. The summed E-state index contributed by atoms with van der Waals surface area (Å²) in [5.74, 6) is 1.62. The van der Waals surface area contributed by atoms with Crippen LogP contribution in [0, 0.1) is 0 Å². The molecule has 2 aromatic carbocycles. The molecule has 1 unspecified atom stereocenters. The van der Waals surface area contributed by atoms with Crippen molar-refractivity contribution in [2.24, 2.45) is 10.7 Å². The van der Waals surface area contributed by atoms with Gasteiger partial charge in [-0.25, -0.2) is 0 Å². The Morgan fingerprint density at radius 2 is 2.08 bits per heavy atom. The summed E-state index contributed by atoms with van der Waals surface area (Å²) in [4.78, 5) is 4.38. The Labute approximate surface area is 159 Å². The Kier molecular flexibility index (Phi) is 6.72. The van der Waals surface area contributed by atoms with Crippen LogP contribution in [0.15, 0.2) is 53.5 Å². The number of phenols is 1. The van der Waals surface area contributed by atoms with E-state index in [4.69, 9.17) is 10.5 Å². The highest BCUT2D eigenvalue weighted by molar-refractivity contribution is 14.0. The van der Waals surface area contributed by atoms with E-state index in [1.807, 2.05) is 36.4 Å². The zero-order valence-corrected chi connectivity index (χ0v) is 15.6. The molecule has 1 atom stereocenters. The number of rotatable bonds is 4. The molecule has 0 radical (unpaired) electrons. The fraction of sp³-hybridized carbons (Fsp3) is 0.278. The number of hydrogen-bond acceptors (Lipinski definition) is 3. The number of para-hydroxylation sites is 1. The highest BCUT2D eigenvalue weighted by Crippen LogP contribution is 2.31. The monoisotopic (exact) mass is 439 g/mol. The molecule has 0 aromatic heterocycles. The molecule has 1 aliphatic rings. The molecule has 0 bridgehead atoms. The van der Waals surface area contributed by atoms with Gasteiger partial charge in [-0.3, -0.25) is 4.99 Å². The average Bonchev–Trinajstić information content (AvgIpc) is 2.55. The molecule has 5 nitrogen and oxygen atoms in total. The quantitative estimate of drug-likeness (QED) is 0.389. The van der Waals surface area contributed by atoms with Crippen molar-refractivity contribution in [3.8, 4) is 11.5 Å². The van der Waals surface area contributed by atoms with Crippen LogP contribution in [0.3, 0.4) is 0 Å². The maximum absolute atomic E-state index is 9.45. The molecule has 2 aromatic rings. The van der Waals surface area contributed by atoms with E-state index >= 15 is 0 Å². The molecule has 0 fully saturated rings. The van der Waals surface area contributed by atoms with Crippen molar-refractivity contribution in [1.82, 2.24) is 5.32 Å². The van der Waals surface area contributed by atoms with Gasteiger partial charge in [0.1, 0.15) is 11.5 Å². The Hall–Kier alpha value is -1.96. The fourth-order valence-electron chi connectivity index (χ4n) is 2.73. The number of hydrogen-bond donors (Lipinski definition) is 3. The van der Waals surface area contributed by atoms with Crippen LogP contribution in [0.25, 0.3) is 0 Å². The maximum atomic E-state index is 9.45. The van der Waals surface area contributed by atoms with E-state index in [1.165, 1.54) is 0 Å². The highest BCUT2D eigenvalue weighted by atomic mass is 127. The van der Waals surface area contributed by atoms with Gasteiger partial charge in [0.15, 0.2) is 5.96 Å². The van der Waals surface area contributed by atoms with E-state index in [0.717, 1.165) is 29.7 Å². The van der Waals surface area contributed by atoms with Gasteiger partial charge in [-0.1, -0.05) is 30.3 Å². The second-order valence-corrected chi connectivity index (χ2v) is 5.56. The van der Waals surface area contributed by atoms with Gasteiger partial charge in [-0.15, -0.1) is 24.0 Å². The number of nitrogens with one attached hydrogen (secondary N) is 1. The molecule has 0 amide bonds. The number of benzene rings is 2. The summed E-state index contributed by atoms with van der Waals surface area (Å²) in [7, 11) is 0. The molecule has 1 heterocycles. The van der Waals surface area contributed by atoms with E-state index in [0.29, 0.717) is 19.1 Å². The smallest absolute Gasteiger partial charge is 0.189 e. The number of aromatic hydroxyl groups is 1. The SMILES string of the molecule is I.NC(=NCCc1cccc(O)c1)NC1CCOc2ccccc21. The maximum Gasteiger partial charge on any atom is 0.189 e. The Morgan fingerprint density at radius 1 is 1.25 bits per heavy atom. The van der Waals surface area contributed by atoms with Crippen molar-refractivity contribution >= 4 is 29.9 Å². The van der Waals surface area contributed by atoms with Crippen LogP contribution < -0.4 is 15.8 Å². The van der Waals surface area contributed by atoms with Gasteiger partial charge in [-0.2, -0.15) is 0 Å². The van der Waals surface area contributed by atoms with E-state index in [-0.39, 0.29) is 35.8 Å². The van der Waals surface area contributed by atoms with Gasteiger partial charge in [0.25, 0.3) is 0 Å². The number of nitrogens with zero attached hydrogens (tertiary/aromatic N) is 1. The Morgan fingerprint density at radius 3 is 2.92 bits per heavy atom. The summed E-state index contributed by atoms with van der Waals surface area (Å²) in [6, 6.07) is 15.3. The first-order chi connectivity index (χ1) is 11.2. The molecule has 6 heteroatoms. The first-order valence-electron chi connectivity index (χ1n) is 7.78. The van der Waals surface area contributed by atoms with Crippen LogP contribution in [0.5, 0.6) is 11.5 Å². The lowest BCUT2D eigenvalue weighted by molar-refractivity contribution is 0.262. The largest absolute Gasteiger partial charge is 0.508 e. The summed E-state index contributed by atoms with van der Waals surface area (Å²) in [5, 5.41) is 12.7. The van der Waals surface area contributed by atoms with Gasteiger partial charge in [0.2, 0.25) is 0 Å². The summed E-state index contributed by atoms with van der Waals surface area (Å²) in [6.07, 6.45) is 1.60. The van der Waals surface area contributed by atoms with Gasteiger partial charge in [0.05, 0.1) is 12.6 Å². The van der Waals surface area contributed by atoms with E-state index in [9.17, 15) is 5.11 Å². The second kappa shape index (κ2) is 8.77.